The van der Waals surface area contributed by atoms with Gasteiger partial charge < -0.3 is 26.7 Å². The lowest BCUT2D eigenvalue weighted by atomic mass is 9.91. The maximum absolute atomic E-state index is 13.3. The first-order valence-corrected chi connectivity index (χ1v) is 11.9. The highest BCUT2D eigenvalue weighted by atomic mass is 19.4. The molecule has 1 aromatic carbocycles. The van der Waals surface area contributed by atoms with Crippen molar-refractivity contribution in [2.75, 3.05) is 6.54 Å². The van der Waals surface area contributed by atoms with E-state index in [1.165, 1.54) is 12.1 Å². The minimum Gasteiger partial charge on any atom is -0.368 e. The number of aromatic amines is 1. The Kier molecular flexibility index (Phi) is 7.23. The van der Waals surface area contributed by atoms with Gasteiger partial charge in [0.1, 0.15) is 17.8 Å². The Bertz CT molecular complexity index is 1170. The number of nitrogens with one attached hydrogen (secondary N) is 4. The number of hydrogen-bond donors (Lipinski definition) is 5. The topological polar surface area (TPSA) is 146 Å². The summed E-state index contributed by atoms with van der Waals surface area (Å²) in [6.45, 7) is 0.552. The van der Waals surface area contributed by atoms with Crippen molar-refractivity contribution in [1.82, 2.24) is 20.9 Å². The molecule has 2 aromatic rings. The Morgan fingerprint density at radius 1 is 1.08 bits per heavy atom. The highest BCUT2D eigenvalue weighted by molar-refractivity contribution is 6.01. The third-order valence-corrected chi connectivity index (χ3v) is 6.68. The van der Waals surface area contributed by atoms with E-state index in [9.17, 15) is 32.3 Å². The van der Waals surface area contributed by atoms with E-state index in [-0.39, 0.29) is 34.8 Å². The molecule has 1 saturated heterocycles. The average molecular weight is 508 g/mol. The molecule has 194 valence electrons. The molecule has 1 aromatic heterocycles. The first-order valence-electron chi connectivity index (χ1n) is 11.9. The highest BCUT2D eigenvalue weighted by Crippen LogP contribution is 2.35. The number of H-pyrrole nitrogens is 1. The number of fused-ring (bicyclic) bond motifs is 1. The van der Waals surface area contributed by atoms with Crippen LogP contribution in [0.5, 0.6) is 0 Å². The van der Waals surface area contributed by atoms with Crippen LogP contribution in [0, 0.1) is 11.8 Å². The van der Waals surface area contributed by atoms with Crippen molar-refractivity contribution < 1.29 is 32.3 Å². The molecule has 12 heteroatoms. The molecular formula is C24H28F3N5O4. The zero-order valence-corrected chi connectivity index (χ0v) is 19.4. The fraction of sp³-hybridized carbons (Fsp3) is 0.500. The van der Waals surface area contributed by atoms with E-state index >= 15 is 0 Å². The second kappa shape index (κ2) is 10.2. The van der Waals surface area contributed by atoms with Gasteiger partial charge in [0.25, 0.3) is 5.91 Å². The van der Waals surface area contributed by atoms with E-state index in [2.05, 4.69) is 20.9 Å². The SMILES string of the molecule is NC(=O)[C@H](C[C@@H]1CCCNC1=O)NC(=O)[C@H](CC1CC1)NC(=O)c1cc2c(C(F)(F)F)cccc2[nH]1. The number of halogens is 3. The maximum atomic E-state index is 13.3. The van der Waals surface area contributed by atoms with E-state index in [1.807, 2.05) is 0 Å². The second-order valence-corrected chi connectivity index (χ2v) is 9.48. The number of rotatable bonds is 9. The quantitative estimate of drug-likeness (QED) is 0.353. The van der Waals surface area contributed by atoms with Crippen molar-refractivity contribution in [3.63, 3.8) is 0 Å². The number of benzene rings is 1. The van der Waals surface area contributed by atoms with Gasteiger partial charge in [-0.2, -0.15) is 13.2 Å². The van der Waals surface area contributed by atoms with E-state index in [4.69, 9.17) is 5.73 Å². The summed E-state index contributed by atoms with van der Waals surface area (Å²) < 4.78 is 40.0. The van der Waals surface area contributed by atoms with Gasteiger partial charge >= 0.3 is 6.18 Å². The summed E-state index contributed by atoms with van der Waals surface area (Å²) in [4.78, 5) is 52.8. The third-order valence-electron chi connectivity index (χ3n) is 6.68. The van der Waals surface area contributed by atoms with Crippen LogP contribution in [0.15, 0.2) is 24.3 Å². The van der Waals surface area contributed by atoms with Crippen molar-refractivity contribution in [3.8, 4) is 0 Å². The lowest BCUT2D eigenvalue weighted by Gasteiger charge is -2.27. The van der Waals surface area contributed by atoms with Gasteiger partial charge in [-0.3, -0.25) is 19.2 Å². The molecule has 2 heterocycles. The van der Waals surface area contributed by atoms with Crippen LogP contribution in [-0.2, 0) is 20.6 Å². The largest absolute Gasteiger partial charge is 0.417 e. The molecule has 3 atom stereocenters. The Hall–Kier alpha value is -3.57. The predicted molar refractivity (Wildman–Crippen MR) is 123 cm³/mol. The number of primary amides is 1. The van der Waals surface area contributed by atoms with Crippen LogP contribution in [0.25, 0.3) is 10.9 Å². The Morgan fingerprint density at radius 2 is 1.83 bits per heavy atom. The van der Waals surface area contributed by atoms with Crippen LogP contribution < -0.4 is 21.7 Å². The van der Waals surface area contributed by atoms with Crippen LogP contribution >= 0.6 is 0 Å². The number of nitrogens with two attached hydrogens (primary N) is 1. The minimum atomic E-state index is -4.59. The standard InChI is InChI=1S/C24H28F3N5O4/c25-24(26,27)15-4-1-5-16-14(15)11-19(30-16)23(36)32-18(9-12-6-7-12)22(35)31-17(20(28)33)10-13-3-2-8-29-21(13)34/h1,4-5,11-13,17-18,30H,2-3,6-10H2,(H2,28,33)(H,29,34)(H,31,35)(H,32,36)/t13-,17-,18-/m0/s1. The Morgan fingerprint density at radius 3 is 2.47 bits per heavy atom. The van der Waals surface area contributed by atoms with Crippen molar-refractivity contribution in [3.05, 3.63) is 35.5 Å². The number of piperidine rings is 1. The molecule has 1 aliphatic heterocycles. The fourth-order valence-electron chi connectivity index (χ4n) is 4.54. The van der Waals surface area contributed by atoms with Crippen LogP contribution in [0.4, 0.5) is 13.2 Å². The molecule has 6 N–H and O–H groups in total. The molecule has 9 nitrogen and oxygen atoms in total. The zero-order valence-electron chi connectivity index (χ0n) is 19.4. The first kappa shape index (κ1) is 25.5. The fourth-order valence-corrected chi connectivity index (χ4v) is 4.54. The maximum Gasteiger partial charge on any atom is 0.417 e. The van der Waals surface area contributed by atoms with Crippen LogP contribution in [0.1, 0.15) is 54.6 Å². The second-order valence-electron chi connectivity index (χ2n) is 9.48. The van der Waals surface area contributed by atoms with Crippen LogP contribution in [-0.4, -0.2) is 47.2 Å². The summed E-state index contributed by atoms with van der Waals surface area (Å²) in [6, 6.07) is 2.57. The monoisotopic (exact) mass is 507 g/mol. The molecule has 1 aliphatic carbocycles. The number of aromatic nitrogens is 1. The molecule has 2 fully saturated rings. The smallest absolute Gasteiger partial charge is 0.368 e. The van der Waals surface area contributed by atoms with Crippen LogP contribution in [0.3, 0.4) is 0 Å². The molecule has 2 aliphatic rings. The van der Waals surface area contributed by atoms with E-state index in [0.29, 0.717) is 19.4 Å². The molecule has 36 heavy (non-hydrogen) atoms. The van der Waals surface area contributed by atoms with Gasteiger partial charge in [-0.05, 0) is 49.8 Å². The summed E-state index contributed by atoms with van der Waals surface area (Å²) in [5.74, 6) is -2.65. The average Bonchev–Trinajstić information content (AvgIpc) is 3.52. The minimum absolute atomic E-state index is 0.0409. The van der Waals surface area contributed by atoms with Crippen LogP contribution in [0.2, 0.25) is 0 Å². The van der Waals surface area contributed by atoms with Gasteiger partial charge in [0.05, 0.1) is 5.56 Å². The van der Waals surface area contributed by atoms with Gasteiger partial charge in [0.15, 0.2) is 0 Å². The molecule has 1 saturated carbocycles. The molecule has 0 unspecified atom stereocenters. The third kappa shape index (κ3) is 5.97. The first-order chi connectivity index (χ1) is 17.0. The molecule has 4 rings (SSSR count). The number of hydrogen-bond acceptors (Lipinski definition) is 4. The van der Waals surface area contributed by atoms with Gasteiger partial charge in [0, 0.05) is 23.4 Å². The summed E-state index contributed by atoms with van der Waals surface area (Å²) >= 11 is 0. The van der Waals surface area contributed by atoms with Gasteiger partial charge in [0.2, 0.25) is 17.7 Å². The number of alkyl halides is 3. The summed E-state index contributed by atoms with van der Waals surface area (Å²) in [7, 11) is 0. The Labute approximate surface area is 204 Å². The number of carbonyl (C=O) groups is 4. The molecule has 0 radical (unpaired) electrons. The predicted octanol–water partition coefficient (Wildman–Crippen LogP) is 1.97. The van der Waals surface area contributed by atoms with Crippen molar-refractivity contribution in [1.29, 1.82) is 0 Å². The lowest BCUT2D eigenvalue weighted by molar-refractivity contribution is -0.136. The van der Waals surface area contributed by atoms with Crippen molar-refractivity contribution in [2.45, 2.75) is 56.8 Å². The summed E-state index contributed by atoms with van der Waals surface area (Å²) in [6.07, 6.45) is -1.18. The van der Waals surface area contributed by atoms with E-state index < -0.39 is 47.5 Å². The number of amides is 4. The van der Waals surface area contributed by atoms with Crippen molar-refractivity contribution >= 4 is 34.5 Å². The zero-order chi connectivity index (χ0) is 26.0. The lowest BCUT2D eigenvalue weighted by Crippen LogP contribution is -2.54. The van der Waals surface area contributed by atoms with E-state index in [0.717, 1.165) is 31.4 Å². The molecule has 4 amide bonds. The van der Waals surface area contributed by atoms with Gasteiger partial charge in [-0.15, -0.1) is 0 Å². The summed E-state index contributed by atoms with van der Waals surface area (Å²) in [5.41, 5.74) is 4.61. The van der Waals surface area contributed by atoms with Gasteiger partial charge in [-0.1, -0.05) is 18.9 Å². The van der Waals surface area contributed by atoms with E-state index in [1.54, 1.807) is 0 Å². The van der Waals surface area contributed by atoms with Crippen molar-refractivity contribution in [2.24, 2.45) is 17.6 Å². The highest BCUT2D eigenvalue weighted by Gasteiger charge is 2.36. The number of carbonyl (C=O) groups excluding carboxylic acids is 4. The molecular weight excluding hydrogens is 479 g/mol. The molecule has 0 spiro atoms. The normalized spacial score (nSPS) is 19.9. The molecule has 0 bridgehead atoms. The summed E-state index contributed by atoms with van der Waals surface area (Å²) in [5, 5.41) is 7.71. The van der Waals surface area contributed by atoms with Gasteiger partial charge in [-0.25, -0.2) is 0 Å². The Balaban J connectivity index is 1.48.